The molecule has 2 fully saturated rings. The quantitative estimate of drug-likeness (QED) is 0.597. The predicted molar refractivity (Wildman–Crippen MR) is 108 cm³/mol. The van der Waals surface area contributed by atoms with Crippen molar-refractivity contribution >= 4 is 5.82 Å². The smallest absolute Gasteiger partial charge is 0.169 e. The summed E-state index contributed by atoms with van der Waals surface area (Å²) in [6.45, 7) is 12.3. The van der Waals surface area contributed by atoms with Crippen LogP contribution in [0.4, 0.5) is 10.2 Å². The number of nitrogens with zero attached hydrogens (tertiary/aromatic N) is 4. The van der Waals surface area contributed by atoms with Gasteiger partial charge in [0.1, 0.15) is 0 Å². The highest BCUT2D eigenvalue weighted by Gasteiger charge is 2.35. The Bertz CT molecular complexity index is 600. The lowest BCUT2D eigenvalue weighted by molar-refractivity contribution is -0.133. The molecule has 2 aliphatic heterocycles. The average Bonchev–Trinajstić information content (AvgIpc) is 2.65. The fourth-order valence-electron chi connectivity index (χ4n) is 3.69. The molecular weight excluding hydrogens is 361 g/mol. The van der Waals surface area contributed by atoms with Crippen molar-refractivity contribution in [2.24, 2.45) is 0 Å². The van der Waals surface area contributed by atoms with Crippen LogP contribution in [-0.2, 0) is 16.0 Å². The molecule has 8 heteroatoms. The predicted octanol–water partition coefficient (Wildman–Crippen LogP) is 1.15. The summed E-state index contributed by atoms with van der Waals surface area (Å²) in [7, 11) is 2.16. The lowest BCUT2D eigenvalue weighted by Crippen LogP contribution is -2.63. The van der Waals surface area contributed by atoms with Crippen molar-refractivity contribution in [3.8, 4) is 0 Å². The van der Waals surface area contributed by atoms with Gasteiger partial charge in [0.25, 0.3) is 0 Å². The summed E-state index contributed by atoms with van der Waals surface area (Å²) >= 11 is 0. The van der Waals surface area contributed by atoms with Gasteiger partial charge in [-0.3, -0.25) is 4.90 Å². The van der Waals surface area contributed by atoms with Crippen molar-refractivity contribution in [3.05, 3.63) is 23.6 Å². The number of nitrogens with one attached hydrogen (secondary N) is 1. The van der Waals surface area contributed by atoms with Gasteiger partial charge in [0.05, 0.1) is 5.69 Å². The largest absolute Gasteiger partial charge is 0.352 e. The third-order valence-electron chi connectivity index (χ3n) is 5.42. The maximum absolute atomic E-state index is 14.3. The van der Waals surface area contributed by atoms with Gasteiger partial charge in [-0.15, -0.1) is 0 Å². The number of piperazine rings is 1. The molecule has 7 nitrogen and oxygen atoms in total. The van der Waals surface area contributed by atoms with Crippen LogP contribution in [0, 0.1) is 5.82 Å². The van der Waals surface area contributed by atoms with E-state index in [1.807, 2.05) is 18.7 Å². The molecule has 2 saturated heterocycles. The van der Waals surface area contributed by atoms with Crippen LogP contribution < -0.4 is 10.2 Å². The molecule has 2 aliphatic rings. The Hall–Kier alpha value is -1.32. The third-order valence-corrected chi connectivity index (χ3v) is 5.42. The van der Waals surface area contributed by atoms with Crippen LogP contribution in [0.2, 0.25) is 0 Å². The van der Waals surface area contributed by atoms with E-state index in [1.165, 1.54) is 6.07 Å². The Kier molecular flexibility index (Phi) is 7.99. The second-order valence-electron chi connectivity index (χ2n) is 7.48. The van der Waals surface area contributed by atoms with Gasteiger partial charge in [0.15, 0.2) is 17.9 Å². The molecule has 3 rings (SSSR count). The number of pyridine rings is 1. The number of likely N-dealkylation sites (N-methyl/N-ethyl adjacent to an activating group) is 1. The molecule has 0 saturated carbocycles. The first-order chi connectivity index (χ1) is 13.6. The van der Waals surface area contributed by atoms with Crippen LogP contribution in [-0.4, -0.2) is 93.2 Å². The minimum absolute atomic E-state index is 0.248. The lowest BCUT2D eigenvalue weighted by Gasteiger charge is -2.48. The zero-order valence-electron chi connectivity index (χ0n) is 17.4. The van der Waals surface area contributed by atoms with Gasteiger partial charge in [-0.05, 0) is 33.0 Å². The van der Waals surface area contributed by atoms with Crippen molar-refractivity contribution in [2.45, 2.75) is 32.7 Å². The number of halogens is 1. The SMILES string of the molecule is CCOC(CNCc1ccc(F)c(N2CC(N3CCN(C)CC3)C2)n1)OCC. The number of ether oxygens (including phenoxy) is 2. The van der Waals surface area contributed by atoms with Crippen LogP contribution in [0.3, 0.4) is 0 Å². The molecule has 0 radical (unpaired) electrons. The van der Waals surface area contributed by atoms with Gasteiger partial charge >= 0.3 is 0 Å². The van der Waals surface area contributed by atoms with Crippen molar-refractivity contribution in [3.63, 3.8) is 0 Å². The Morgan fingerprint density at radius 3 is 2.46 bits per heavy atom. The first-order valence-electron chi connectivity index (χ1n) is 10.4. The lowest BCUT2D eigenvalue weighted by atomic mass is 10.1. The van der Waals surface area contributed by atoms with Crippen molar-refractivity contribution in [2.75, 3.05) is 71.0 Å². The fraction of sp³-hybridized carbons (Fsp3) is 0.750. The average molecular weight is 396 g/mol. The van der Waals surface area contributed by atoms with Gasteiger partial charge in [-0.25, -0.2) is 9.37 Å². The fourth-order valence-corrected chi connectivity index (χ4v) is 3.69. The zero-order valence-corrected chi connectivity index (χ0v) is 17.4. The van der Waals surface area contributed by atoms with E-state index in [2.05, 4.69) is 27.1 Å². The van der Waals surface area contributed by atoms with E-state index in [4.69, 9.17) is 9.47 Å². The molecule has 0 bridgehead atoms. The minimum atomic E-state index is -0.269. The molecule has 0 aromatic carbocycles. The first kappa shape index (κ1) is 21.4. The molecule has 0 spiro atoms. The van der Waals surface area contributed by atoms with Gasteiger partial charge in [0, 0.05) is 71.6 Å². The number of hydrogen-bond acceptors (Lipinski definition) is 7. The molecule has 1 N–H and O–H groups in total. The number of anilines is 1. The molecule has 0 amide bonds. The van der Waals surface area contributed by atoms with Gasteiger partial charge in [-0.1, -0.05) is 0 Å². The van der Waals surface area contributed by atoms with Crippen LogP contribution in [0.1, 0.15) is 19.5 Å². The van der Waals surface area contributed by atoms with Crippen LogP contribution in [0.5, 0.6) is 0 Å². The van der Waals surface area contributed by atoms with Crippen LogP contribution in [0.15, 0.2) is 12.1 Å². The normalized spacial score (nSPS) is 19.4. The van der Waals surface area contributed by atoms with E-state index in [9.17, 15) is 4.39 Å². The maximum atomic E-state index is 14.3. The maximum Gasteiger partial charge on any atom is 0.169 e. The Morgan fingerprint density at radius 1 is 1.14 bits per heavy atom. The highest BCUT2D eigenvalue weighted by atomic mass is 19.1. The molecule has 0 unspecified atom stereocenters. The summed E-state index contributed by atoms with van der Waals surface area (Å²) < 4.78 is 25.4. The number of rotatable bonds is 10. The van der Waals surface area contributed by atoms with Crippen molar-refractivity contribution in [1.82, 2.24) is 20.1 Å². The van der Waals surface area contributed by atoms with Gasteiger partial charge < -0.3 is 24.6 Å². The van der Waals surface area contributed by atoms with E-state index in [0.717, 1.165) is 45.0 Å². The summed E-state index contributed by atoms with van der Waals surface area (Å²) in [6.07, 6.45) is -0.269. The monoisotopic (exact) mass is 395 g/mol. The molecule has 158 valence electrons. The van der Waals surface area contributed by atoms with E-state index in [0.29, 0.717) is 38.2 Å². The Labute approximate surface area is 167 Å². The van der Waals surface area contributed by atoms with E-state index in [1.54, 1.807) is 6.07 Å². The van der Waals surface area contributed by atoms with Crippen LogP contribution in [0.25, 0.3) is 0 Å². The Morgan fingerprint density at radius 2 is 1.82 bits per heavy atom. The van der Waals surface area contributed by atoms with Crippen LogP contribution >= 0.6 is 0 Å². The minimum Gasteiger partial charge on any atom is -0.352 e. The molecule has 1 aromatic rings. The summed E-state index contributed by atoms with van der Waals surface area (Å²) in [6, 6.07) is 3.76. The number of aromatic nitrogens is 1. The molecular formula is C20H34FN5O2. The van der Waals surface area contributed by atoms with E-state index >= 15 is 0 Å². The summed E-state index contributed by atoms with van der Waals surface area (Å²) in [4.78, 5) is 11.5. The van der Waals surface area contributed by atoms with Crippen molar-refractivity contribution < 1.29 is 13.9 Å². The molecule has 3 heterocycles. The number of hydrogen-bond donors (Lipinski definition) is 1. The summed E-state index contributed by atoms with van der Waals surface area (Å²) in [5.74, 6) is 0.220. The van der Waals surface area contributed by atoms with E-state index in [-0.39, 0.29) is 12.1 Å². The standard InChI is InChI=1S/C20H34FN5O2/c1-4-27-19(28-5-2)13-22-12-16-6-7-18(21)20(23-16)26-14-17(15-26)25-10-8-24(3)9-11-25/h6-7,17,19,22H,4-5,8-15H2,1-3H3. The zero-order chi connectivity index (χ0) is 19.9. The molecule has 1 aromatic heterocycles. The molecule has 28 heavy (non-hydrogen) atoms. The second kappa shape index (κ2) is 10.5. The molecule has 0 aliphatic carbocycles. The second-order valence-corrected chi connectivity index (χ2v) is 7.48. The Balaban J connectivity index is 1.48. The van der Waals surface area contributed by atoms with E-state index < -0.39 is 0 Å². The highest BCUT2D eigenvalue weighted by Crippen LogP contribution is 2.25. The van der Waals surface area contributed by atoms with Gasteiger partial charge in [-0.2, -0.15) is 0 Å². The summed E-state index contributed by atoms with van der Waals surface area (Å²) in [5.41, 5.74) is 0.825. The molecule has 0 atom stereocenters. The third kappa shape index (κ3) is 5.61. The highest BCUT2D eigenvalue weighted by molar-refractivity contribution is 5.44. The topological polar surface area (TPSA) is 53.1 Å². The first-order valence-corrected chi connectivity index (χ1v) is 10.4. The van der Waals surface area contributed by atoms with Gasteiger partial charge in [0.2, 0.25) is 0 Å². The van der Waals surface area contributed by atoms with Crippen molar-refractivity contribution in [1.29, 1.82) is 0 Å². The summed E-state index contributed by atoms with van der Waals surface area (Å²) in [5, 5.41) is 3.29.